The molecule has 1 aromatic carbocycles. The molecule has 130 valence electrons. The van der Waals surface area contributed by atoms with E-state index in [1.54, 1.807) is 19.9 Å². The summed E-state index contributed by atoms with van der Waals surface area (Å²) in [4.78, 5) is 21.0. The third-order valence-electron chi connectivity index (χ3n) is 3.98. The summed E-state index contributed by atoms with van der Waals surface area (Å²) in [6.07, 6.45) is 0. The van der Waals surface area contributed by atoms with Gasteiger partial charge >= 0.3 is 5.97 Å². The lowest BCUT2D eigenvalue weighted by atomic mass is 9.92. The molecule has 8 heteroatoms. The van der Waals surface area contributed by atoms with Crippen molar-refractivity contribution in [2.75, 3.05) is 0 Å². The summed E-state index contributed by atoms with van der Waals surface area (Å²) in [5.74, 6) is 0.0147. The number of aromatic nitrogens is 3. The summed E-state index contributed by atoms with van der Waals surface area (Å²) >= 11 is 15.6. The average Bonchev–Trinajstić information content (AvgIpc) is 2.94. The minimum Gasteiger partial charge on any atom is -0.394 e. The molecule has 5 nitrogen and oxygen atoms in total. The lowest BCUT2D eigenvalue weighted by molar-refractivity contribution is -0.138. The van der Waals surface area contributed by atoms with Crippen molar-refractivity contribution in [1.82, 2.24) is 14.5 Å². The zero-order valence-corrected chi connectivity index (χ0v) is 15.9. The molecule has 0 saturated heterocycles. The number of hydrogen-bond acceptors (Lipinski definition) is 5. The average molecular weight is 396 g/mol. The number of fused-ring (bicyclic) bond motifs is 1. The largest absolute Gasteiger partial charge is 0.394 e. The molecule has 0 aliphatic rings. The van der Waals surface area contributed by atoms with Gasteiger partial charge in [0.25, 0.3) is 0 Å². The highest BCUT2D eigenvalue weighted by atomic mass is 35.5. The van der Waals surface area contributed by atoms with E-state index < -0.39 is 11.4 Å². The van der Waals surface area contributed by atoms with Crippen LogP contribution in [0.3, 0.4) is 0 Å². The molecule has 0 atom stereocenters. The van der Waals surface area contributed by atoms with Gasteiger partial charge in [-0.15, -0.1) is 0 Å². The normalized spacial score (nSPS) is 11.7. The highest BCUT2D eigenvalue weighted by molar-refractivity contribution is 7.75. The van der Waals surface area contributed by atoms with Crippen LogP contribution in [0.25, 0.3) is 11.2 Å². The van der Waals surface area contributed by atoms with Crippen LogP contribution in [-0.2, 0) is 20.9 Å². The summed E-state index contributed by atoms with van der Waals surface area (Å²) in [6, 6.07) is 11.0. The minimum atomic E-state index is -1.01. The molecule has 0 radical (unpaired) electrons. The lowest BCUT2D eigenvalue weighted by Gasteiger charge is -2.22. The van der Waals surface area contributed by atoms with Gasteiger partial charge in [-0.2, -0.15) is 0 Å². The van der Waals surface area contributed by atoms with Crippen molar-refractivity contribution < 1.29 is 8.98 Å². The Morgan fingerprint density at radius 2 is 1.84 bits per heavy atom. The van der Waals surface area contributed by atoms with Crippen molar-refractivity contribution >= 4 is 53.2 Å². The van der Waals surface area contributed by atoms with Crippen molar-refractivity contribution in [3.8, 4) is 0 Å². The van der Waals surface area contributed by atoms with Crippen LogP contribution in [0, 0.1) is 0 Å². The zero-order chi connectivity index (χ0) is 18.2. The SMILES string of the molecule is CC(C)(C(=O)OS)c1nc2nc(Cl)ccc2n1Cc1ccc(Cl)cc1. The number of imidazole rings is 1. The Kier molecular flexibility index (Phi) is 4.95. The first kappa shape index (κ1) is 18.0. The Bertz CT molecular complexity index is 939. The Hall–Kier alpha value is -1.76. The van der Waals surface area contributed by atoms with E-state index in [0.717, 1.165) is 11.1 Å². The molecule has 0 N–H and O–H groups in total. The number of pyridine rings is 1. The molecule has 0 amide bonds. The Morgan fingerprint density at radius 3 is 2.48 bits per heavy atom. The van der Waals surface area contributed by atoms with E-state index in [9.17, 15) is 4.79 Å². The van der Waals surface area contributed by atoms with Crippen molar-refractivity contribution in [2.45, 2.75) is 25.8 Å². The third kappa shape index (κ3) is 3.47. The quantitative estimate of drug-likeness (QED) is 0.402. The number of thiol groups is 1. The van der Waals surface area contributed by atoms with E-state index in [1.165, 1.54) is 0 Å². The van der Waals surface area contributed by atoms with Gasteiger partial charge in [0.1, 0.15) is 16.4 Å². The molecule has 0 unspecified atom stereocenters. The Balaban J connectivity index is 2.18. The number of benzene rings is 1. The number of halogens is 2. The van der Waals surface area contributed by atoms with Gasteiger partial charge in [-0.05, 0) is 43.7 Å². The number of hydrogen-bond donors (Lipinski definition) is 1. The van der Waals surface area contributed by atoms with Crippen molar-refractivity contribution in [2.24, 2.45) is 0 Å². The molecule has 25 heavy (non-hydrogen) atoms. The number of rotatable bonds is 4. The number of carbonyl (C=O) groups is 1. The van der Waals surface area contributed by atoms with E-state index in [1.807, 2.05) is 34.9 Å². The van der Waals surface area contributed by atoms with Crippen molar-refractivity contribution in [1.29, 1.82) is 0 Å². The van der Waals surface area contributed by atoms with Crippen LogP contribution < -0.4 is 0 Å². The van der Waals surface area contributed by atoms with Crippen LogP contribution in [0.2, 0.25) is 10.2 Å². The van der Waals surface area contributed by atoms with Gasteiger partial charge in [0.15, 0.2) is 5.65 Å². The van der Waals surface area contributed by atoms with Crippen molar-refractivity contribution in [3.63, 3.8) is 0 Å². The summed E-state index contributed by atoms with van der Waals surface area (Å²) in [5.41, 5.74) is 1.24. The summed E-state index contributed by atoms with van der Waals surface area (Å²) in [6.45, 7) is 3.95. The van der Waals surface area contributed by atoms with Crippen LogP contribution >= 0.6 is 36.1 Å². The third-order valence-corrected chi connectivity index (χ3v) is 4.61. The van der Waals surface area contributed by atoms with Crippen LogP contribution in [-0.4, -0.2) is 20.5 Å². The number of nitrogens with zero attached hydrogens (tertiary/aromatic N) is 3. The van der Waals surface area contributed by atoms with Crippen LogP contribution in [0.1, 0.15) is 25.2 Å². The molecule has 0 saturated carbocycles. The standard InChI is InChI=1S/C17H15Cl2N3O2S/c1-17(2,16(23)24-25)15-21-14-12(7-8-13(19)20-14)22(15)9-10-3-5-11(18)6-4-10/h3-8,25H,9H2,1-2H3. The molecule has 3 aromatic rings. The van der Waals surface area contributed by atoms with Gasteiger partial charge in [0, 0.05) is 24.5 Å². The monoisotopic (exact) mass is 395 g/mol. The molecule has 0 aliphatic carbocycles. The maximum atomic E-state index is 12.2. The van der Waals surface area contributed by atoms with Crippen LogP contribution in [0.4, 0.5) is 0 Å². The molecular formula is C17H15Cl2N3O2S. The Labute approximate surface area is 160 Å². The molecule has 0 aliphatic heterocycles. The van der Waals surface area contributed by atoms with E-state index in [4.69, 9.17) is 23.2 Å². The van der Waals surface area contributed by atoms with Gasteiger partial charge < -0.3 is 8.75 Å². The second kappa shape index (κ2) is 6.86. The topological polar surface area (TPSA) is 57.0 Å². The summed E-state index contributed by atoms with van der Waals surface area (Å²) in [5, 5.41) is 0.997. The number of carbonyl (C=O) groups excluding carboxylic acids is 1. The highest BCUT2D eigenvalue weighted by Crippen LogP contribution is 2.29. The van der Waals surface area contributed by atoms with Gasteiger partial charge in [-0.3, -0.25) is 0 Å². The fourth-order valence-electron chi connectivity index (χ4n) is 2.60. The second-order valence-corrected chi connectivity index (χ2v) is 7.13. The van der Waals surface area contributed by atoms with E-state index >= 15 is 0 Å². The van der Waals surface area contributed by atoms with Crippen LogP contribution in [0.5, 0.6) is 0 Å². The van der Waals surface area contributed by atoms with E-state index in [0.29, 0.717) is 28.2 Å². The second-order valence-electron chi connectivity index (χ2n) is 6.13. The molecule has 3 rings (SSSR count). The molecule has 0 fully saturated rings. The first-order valence-corrected chi connectivity index (χ1v) is 8.58. The fraction of sp³-hybridized carbons (Fsp3) is 0.235. The molecule has 2 aromatic heterocycles. The minimum absolute atomic E-state index is 0.338. The zero-order valence-electron chi connectivity index (χ0n) is 13.5. The van der Waals surface area contributed by atoms with Gasteiger partial charge in [-0.1, -0.05) is 35.3 Å². The van der Waals surface area contributed by atoms with Gasteiger partial charge in [0.2, 0.25) is 0 Å². The Morgan fingerprint density at radius 1 is 1.16 bits per heavy atom. The van der Waals surface area contributed by atoms with Gasteiger partial charge in [-0.25, -0.2) is 14.8 Å². The fourth-order valence-corrected chi connectivity index (χ4v) is 3.10. The summed E-state index contributed by atoms with van der Waals surface area (Å²) in [7, 11) is 0. The maximum absolute atomic E-state index is 12.2. The van der Waals surface area contributed by atoms with E-state index in [-0.39, 0.29) is 0 Å². The molecule has 0 bridgehead atoms. The first-order chi connectivity index (χ1) is 11.8. The predicted octanol–water partition coefficient (Wildman–Crippen LogP) is 4.45. The lowest BCUT2D eigenvalue weighted by Crippen LogP contribution is -2.33. The first-order valence-electron chi connectivity index (χ1n) is 7.46. The smallest absolute Gasteiger partial charge is 0.331 e. The maximum Gasteiger partial charge on any atom is 0.331 e. The molecular weight excluding hydrogens is 381 g/mol. The van der Waals surface area contributed by atoms with Crippen molar-refractivity contribution in [3.05, 3.63) is 58.0 Å². The predicted molar refractivity (Wildman–Crippen MR) is 101 cm³/mol. The highest BCUT2D eigenvalue weighted by Gasteiger charge is 2.37. The molecule has 2 heterocycles. The summed E-state index contributed by atoms with van der Waals surface area (Å²) < 4.78 is 6.57. The van der Waals surface area contributed by atoms with Gasteiger partial charge in [0.05, 0.1) is 5.52 Å². The van der Waals surface area contributed by atoms with E-state index in [2.05, 4.69) is 27.1 Å². The van der Waals surface area contributed by atoms with Crippen LogP contribution in [0.15, 0.2) is 36.4 Å². The molecule has 0 spiro atoms.